The molecule has 0 aliphatic carbocycles. The Morgan fingerprint density at radius 1 is 1.45 bits per heavy atom. The highest BCUT2D eigenvalue weighted by atomic mass is 32.1. The minimum atomic E-state index is 0.424. The fraction of sp³-hybridized carbons (Fsp3) is 0. The lowest BCUT2D eigenvalue weighted by Crippen LogP contribution is -1.82. The number of nitrogen functional groups attached to an aromatic ring is 1. The second-order valence-electron chi connectivity index (χ2n) is 2.25. The van der Waals surface area contributed by atoms with Gasteiger partial charge in [0.25, 0.3) is 0 Å². The third-order valence-electron chi connectivity index (χ3n) is 1.48. The summed E-state index contributed by atoms with van der Waals surface area (Å²) in [6.07, 6.45) is 0. The number of benzene rings is 1. The summed E-state index contributed by atoms with van der Waals surface area (Å²) in [4.78, 5) is 0.841. The van der Waals surface area contributed by atoms with Gasteiger partial charge in [-0.3, -0.25) is 0 Å². The topological polar surface area (TPSA) is 52.0 Å². The van der Waals surface area contributed by atoms with Gasteiger partial charge in [-0.15, -0.1) is 12.6 Å². The molecular weight excluding hydrogens is 160 g/mol. The molecule has 0 aliphatic heterocycles. The number of rotatable bonds is 0. The van der Waals surface area contributed by atoms with Crippen LogP contribution in [0.4, 0.5) is 5.82 Å². The van der Waals surface area contributed by atoms with Crippen LogP contribution in [0.3, 0.4) is 0 Å². The number of thiol groups is 1. The van der Waals surface area contributed by atoms with Gasteiger partial charge in [0.1, 0.15) is 0 Å². The van der Waals surface area contributed by atoms with Crippen molar-refractivity contribution in [3.63, 3.8) is 0 Å². The molecule has 56 valence electrons. The fourth-order valence-corrected chi connectivity index (χ4v) is 1.14. The Morgan fingerprint density at radius 2 is 2.27 bits per heavy atom. The van der Waals surface area contributed by atoms with Crippen LogP contribution < -0.4 is 5.73 Å². The molecule has 0 atom stereocenters. The quantitative estimate of drug-likeness (QED) is 0.585. The molecule has 11 heavy (non-hydrogen) atoms. The maximum Gasteiger partial charge on any atom is 0.174 e. The minimum Gasteiger partial charge on any atom is -0.380 e. The zero-order valence-electron chi connectivity index (χ0n) is 5.61. The van der Waals surface area contributed by atoms with Gasteiger partial charge in [0, 0.05) is 4.90 Å². The van der Waals surface area contributed by atoms with Crippen LogP contribution >= 0.6 is 12.6 Å². The van der Waals surface area contributed by atoms with Gasteiger partial charge in [0.2, 0.25) is 0 Å². The molecule has 1 aromatic carbocycles. The molecule has 0 aliphatic rings. The van der Waals surface area contributed by atoms with Gasteiger partial charge in [-0.05, 0) is 18.2 Å². The SMILES string of the molecule is Nc1noc2cc(S)ccc12. The Hall–Kier alpha value is -1.16. The predicted molar refractivity (Wildman–Crippen MR) is 45.7 cm³/mol. The normalized spacial score (nSPS) is 10.6. The summed E-state index contributed by atoms with van der Waals surface area (Å²) < 4.78 is 4.91. The largest absolute Gasteiger partial charge is 0.380 e. The monoisotopic (exact) mass is 166 g/mol. The number of hydrogen-bond donors (Lipinski definition) is 2. The van der Waals surface area contributed by atoms with Crippen molar-refractivity contribution in [2.75, 3.05) is 5.73 Å². The van der Waals surface area contributed by atoms with Crippen molar-refractivity contribution < 1.29 is 4.52 Å². The first kappa shape index (κ1) is 6.54. The Balaban J connectivity index is 2.86. The van der Waals surface area contributed by atoms with Crippen molar-refractivity contribution >= 4 is 29.4 Å². The smallest absolute Gasteiger partial charge is 0.174 e. The third kappa shape index (κ3) is 0.952. The molecule has 0 spiro atoms. The van der Waals surface area contributed by atoms with E-state index in [4.69, 9.17) is 10.3 Å². The first-order valence-electron chi connectivity index (χ1n) is 3.11. The van der Waals surface area contributed by atoms with Crippen LogP contribution in [0.15, 0.2) is 27.6 Å². The average molecular weight is 166 g/mol. The Labute approximate surface area is 68.6 Å². The highest BCUT2D eigenvalue weighted by Crippen LogP contribution is 2.22. The van der Waals surface area contributed by atoms with Gasteiger partial charge in [-0.25, -0.2) is 0 Å². The lowest BCUT2D eigenvalue weighted by atomic mass is 10.2. The molecule has 0 bridgehead atoms. The lowest BCUT2D eigenvalue weighted by molar-refractivity contribution is 0.460. The minimum absolute atomic E-state index is 0.424. The molecule has 0 saturated heterocycles. The summed E-state index contributed by atoms with van der Waals surface area (Å²) in [5.41, 5.74) is 6.17. The van der Waals surface area contributed by atoms with Crippen LogP contribution in [-0.2, 0) is 0 Å². The van der Waals surface area contributed by atoms with Crippen LogP contribution in [0.5, 0.6) is 0 Å². The van der Waals surface area contributed by atoms with E-state index in [1.165, 1.54) is 0 Å². The molecule has 3 nitrogen and oxygen atoms in total. The summed E-state index contributed by atoms with van der Waals surface area (Å²) in [5.74, 6) is 0.424. The second-order valence-corrected chi connectivity index (χ2v) is 2.76. The van der Waals surface area contributed by atoms with E-state index < -0.39 is 0 Å². The zero-order valence-corrected chi connectivity index (χ0v) is 6.51. The van der Waals surface area contributed by atoms with Gasteiger partial charge in [0.05, 0.1) is 5.39 Å². The van der Waals surface area contributed by atoms with Crippen LogP contribution in [0.2, 0.25) is 0 Å². The molecule has 2 N–H and O–H groups in total. The van der Waals surface area contributed by atoms with Gasteiger partial charge < -0.3 is 10.3 Å². The van der Waals surface area contributed by atoms with E-state index in [1.807, 2.05) is 12.1 Å². The van der Waals surface area contributed by atoms with Crippen molar-refractivity contribution in [1.29, 1.82) is 0 Å². The molecule has 1 aromatic heterocycles. The van der Waals surface area contributed by atoms with Crippen molar-refractivity contribution in [1.82, 2.24) is 5.16 Å². The van der Waals surface area contributed by atoms with E-state index >= 15 is 0 Å². The summed E-state index contributed by atoms with van der Waals surface area (Å²) in [6.45, 7) is 0. The van der Waals surface area contributed by atoms with Gasteiger partial charge in [-0.1, -0.05) is 5.16 Å². The molecule has 2 rings (SSSR count). The molecule has 1 heterocycles. The number of hydrogen-bond acceptors (Lipinski definition) is 4. The van der Waals surface area contributed by atoms with Gasteiger partial charge in [0.15, 0.2) is 11.4 Å². The van der Waals surface area contributed by atoms with E-state index in [2.05, 4.69) is 17.8 Å². The van der Waals surface area contributed by atoms with E-state index in [1.54, 1.807) is 6.07 Å². The first-order valence-corrected chi connectivity index (χ1v) is 3.56. The third-order valence-corrected chi connectivity index (χ3v) is 1.76. The van der Waals surface area contributed by atoms with Gasteiger partial charge in [-0.2, -0.15) is 0 Å². The molecule has 0 amide bonds. The van der Waals surface area contributed by atoms with E-state index in [-0.39, 0.29) is 0 Å². The van der Waals surface area contributed by atoms with Crippen molar-refractivity contribution in [3.8, 4) is 0 Å². The molecule has 2 aromatic rings. The summed E-state index contributed by atoms with van der Waals surface area (Å²) in [6, 6.07) is 5.46. The highest BCUT2D eigenvalue weighted by Gasteiger charge is 2.02. The maximum absolute atomic E-state index is 5.50. The second kappa shape index (κ2) is 2.17. The zero-order chi connectivity index (χ0) is 7.84. The fourth-order valence-electron chi connectivity index (χ4n) is 0.946. The molecular formula is C7H6N2OS. The average Bonchev–Trinajstić information content (AvgIpc) is 2.32. The summed E-state index contributed by atoms with van der Waals surface area (Å²) in [7, 11) is 0. The number of anilines is 1. The van der Waals surface area contributed by atoms with Crippen molar-refractivity contribution in [3.05, 3.63) is 18.2 Å². The molecule has 0 saturated carbocycles. The van der Waals surface area contributed by atoms with Crippen LogP contribution in [0.25, 0.3) is 11.0 Å². The van der Waals surface area contributed by atoms with Crippen LogP contribution in [-0.4, -0.2) is 5.16 Å². The first-order chi connectivity index (χ1) is 5.27. The van der Waals surface area contributed by atoms with E-state index in [9.17, 15) is 0 Å². The lowest BCUT2D eigenvalue weighted by Gasteiger charge is -1.88. The molecule has 0 radical (unpaired) electrons. The maximum atomic E-state index is 5.50. The number of nitrogens with two attached hydrogens (primary N) is 1. The predicted octanol–water partition coefficient (Wildman–Crippen LogP) is 1.70. The number of aromatic nitrogens is 1. The Bertz CT molecular complexity index is 396. The van der Waals surface area contributed by atoms with Crippen LogP contribution in [0, 0.1) is 0 Å². The van der Waals surface area contributed by atoms with Gasteiger partial charge >= 0.3 is 0 Å². The van der Waals surface area contributed by atoms with Crippen LogP contribution in [0.1, 0.15) is 0 Å². The van der Waals surface area contributed by atoms with Crippen molar-refractivity contribution in [2.45, 2.75) is 4.90 Å². The summed E-state index contributed by atoms with van der Waals surface area (Å²) >= 11 is 4.14. The number of fused-ring (bicyclic) bond motifs is 1. The Kier molecular flexibility index (Phi) is 1.29. The number of nitrogens with zero attached hydrogens (tertiary/aromatic N) is 1. The van der Waals surface area contributed by atoms with E-state index in [0.29, 0.717) is 11.4 Å². The Morgan fingerprint density at radius 3 is 3.09 bits per heavy atom. The summed E-state index contributed by atoms with van der Waals surface area (Å²) in [5, 5.41) is 4.44. The highest BCUT2D eigenvalue weighted by molar-refractivity contribution is 7.80. The molecule has 0 unspecified atom stereocenters. The van der Waals surface area contributed by atoms with E-state index in [0.717, 1.165) is 10.3 Å². The molecule has 0 fully saturated rings. The van der Waals surface area contributed by atoms with Crippen molar-refractivity contribution in [2.24, 2.45) is 0 Å². The molecule has 4 heteroatoms. The standard InChI is InChI=1S/C7H6N2OS/c8-7-5-2-1-4(11)3-6(5)10-9-7/h1-3,11H,(H2,8,9).